The number of nitrogens with zero attached hydrogens (tertiary/aromatic N) is 4. The lowest BCUT2D eigenvalue weighted by molar-refractivity contribution is 0.448. The SMILES string of the molecule is CNCCCN(C)S(=O)(=O)NCCc1nncn1C. The predicted molar refractivity (Wildman–Crippen MR) is 72.8 cm³/mol. The second-order valence-electron chi connectivity index (χ2n) is 4.29. The minimum absolute atomic E-state index is 0.311. The highest BCUT2D eigenvalue weighted by Crippen LogP contribution is 1.97. The van der Waals surface area contributed by atoms with Crippen molar-refractivity contribution in [2.24, 2.45) is 7.05 Å². The van der Waals surface area contributed by atoms with Crippen LogP contribution in [0, 0.1) is 0 Å². The largest absolute Gasteiger partial charge is 0.321 e. The van der Waals surface area contributed by atoms with Crippen LogP contribution in [0.2, 0.25) is 0 Å². The summed E-state index contributed by atoms with van der Waals surface area (Å²) in [6.45, 7) is 1.59. The molecule has 8 nitrogen and oxygen atoms in total. The number of nitrogens with one attached hydrogen (secondary N) is 2. The molecule has 2 N–H and O–H groups in total. The van der Waals surface area contributed by atoms with Gasteiger partial charge in [0.25, 0.3) is 10.2 Å². The zero-order chi connectivity index (χ0) is 14.3. The van der Waals surface area contributed by atoms with Crippen molar-refractivity contribution in [1.82, 2.24) is 29.1 Å². The third-order valence-electron chi connectivity index (χ3n) is 2.75. The van der Waals surface area contributed by atoms with E-state index in [9.17, 15) is 8.42 Å². The molecule has 0 radical (unpaired) electrons. The third kappa shape index (κ3) is 5.23. The van der Waals surface area contributed by atoms with Crippen LogP contribution in [0.1, 0.15) is 12.2 Å². The van der Waals surface area contributed by atoms with E-state index in [-0.39, 0.29) is 0 Å². The van der Waals surface area contributed by atoms with Gasteiger partial charge in [-0.3, -0.25) is 0 Å². The molecule has 0 aromatic carbocycles. The Morgan fingerprint density at radius 3 is 2.74 bits per heavy atom. The third-order valence-corrected chi connectivity index (χ3v) is 4.32. The van der Waals surface area contributed by atoms with Crippen molar-refractivity contribution >= 4 is 10.2 Å². The number of rotatable bonds is 9. The molecular formula is C10H22N6O2S. The Bertz CT molecular complexity index is 472. The molecule has 0 spiro atoms. The van der Waals surface area contributed by atoms with E-state index in [2.05, 4.69) is 20.2 Å². The Morgan fingerprint density at radius 1 is 1.42 bits per heavy atom. The summed E-state index contributed by atoms with van der Waals surface area (Å²) in [6.07, 6.45) is 2.88. The summed E-state index contributed by atoms with van der Waals surface area (Å²) in [4.78, 5) is 0. The Balaban J connectivity index is 2.36. The normalized spacial score (nSPS) is 12.2. The van der Waals surface area contributed by atoms with Crippen molar-refractivity contribution in [2.45, 2.75) is 12.8 Å². The number of hydrogen-bond donors (Lipinski definition) is 2. The maximum atomic E-state index is 11.9. The second kappa shape index (κ2) is 7.53. The molecule has 0 aliphatic carbocycles. The molecule has 0 fully saturated rings. The zero-order valence-corrected chi connectivity index (χ0v) is 12.4. The minimum Gasteiger partial charge on any atom is -0.321 e. The van der Waals surface area contributed by atoms with Gasteiger partial charge in [0.05, 0.1) is 0 Å². The molecule has 9 heteroatoms. The van der Waals surface area contributed by atoms with Gasteiger partial charge in [-0.15, -0.1) is 10.2 Å². The van der Waals surface area contributed by atoms with Crippen molar-refractivity contribution < 1.29 is 8.42 Å². The minimum atomic E-state index is -3.41. The maximum absolute atomic E-state index is 11.9. The van der Waals surface area contributed by atoms with Crippen LogP contribution < -0.4 is 10.0 Å². The first-order valence-corrected chi connectivity index (χ1v) is 7.60. The van der Waals surface area contributed by atoms with E-state index >= 15 is 0 Å². The summed E-state index contributed by atoms with van der Waals surface area (Å²) in [7, 11) is 1.83. The predicted octanol–water partition coefficient (Wildman–Crippen LogP) is -1.27. The monoisotopic (exact) mass is 290 g/mol. The van der Waals surface area contributed by atoms with Crippen LogP contribution in [0.5, 0.6) is 0 Å². The van der Waals surface area contributed by atoms with Crippen LogP contribution >= 0.6 is 0 Å². The molecule has 1 heterocycles. The quantitative estimate of drug-likeness (QED) is 0.554. The van der Waals surface area contributed by atoms with Crippen LogP contribution in [-0.2, 0) is 23.7 Å². The molecule has 110 valence electrons. The van der Waals surface area contributed by atoms with Gasteiger partial charge in [0.1, 0.15) is 12.2 Å². The first kappa shape index (κ1) is 16.0. The smallest absolute Gasteiger partial charge is 0.279 e. The van der Waals surface area contributed by atoms with Gasteiger partial charge in [-0.25, -0.2) is 4.72 Å². The molecule has 1 aromatic heterocycles. The lowest BCUT2D eigenvalue weighted by Crippen LogP contribution is -2.40. The average molecular weight is 290 g/mol. The van der Waals surface area contributed by atoms with Gasteiger partial charge in [0, 0.05) is 33.6 Å². The van der Waals surface area contributed by atoms with Crippen molar-refractivity contribution in [2.75, 3.05) is 33.7 Å². The van der Waals surface area contributed by atoms with Crippen molar-refractivity contribution in [1.29, 1.82) is 0 Å². The number of aryl methyl sites for hydroxylation is 1. The van der Waals surface area contributed by atoms with Gasteiger partial charge < -0.3 is 9.88 Å². The van der Waals surface area contributed by atoms with Crippen LogP contribution in [0.4, 0.5) is 0 Å². The lowest BCUT2D eigenvalue weighted by Gasteiger charge is -2.17. The number of hydrogen-bond acceptors (Lipinski definition) is 5. The molecule has 0 bridgehead atoms. The van der Waals surface area contributed by atoms with Gasteiger partial charge >= 0.3 is 0 Å². The van der Waals surface area contributed by atoms with E-state index in [1.807, 2.05) is 14.1 Å². The molecular weight excluding hydrogens is 268 g/mol. The van der Waals surface area contributed by atoms with E-state index in [4.69, 9.17) is 0 Å². The van der Waals surface area contributed by atoms with E-state index in [0.717, 1.165) is 18.8 Å². The summed E-state index contributed by atoms with van der Waals surface area (Å²) in [6, 6.07) is 0. The maximum Gasteiger partial charge on any atom is 0.279 e. The van der Waals surface area contributed by atoms with Crippen LogP contribution in [0.15, 0.2) is 6.33 Å². The first-order chi connectivity index (χ1) is 8.97. The second-order valence-corrected chi connectivity index (χ2v) is 6.15. The fourth-order valence-electron chi connectivity index (χ4n) is 1.53. The molecule has 0 amide bonds. The highest BCUT2D eigenvalue weighted by Gasteiger charge is 2.16. The van der Waals surface area contributed by atoms with Crippen LogP contribution in [0.3, 0.4) is 0 Å². The van der Waals surface area contributed by atoms with Gasteiger partial charge in [-0.2, -0.15) is 12.7 Å². The van der Waals surface area contributed by atoms with Crippen molar-refractivity contribution in [3.8, 4) is 0 Å². The summed E-state index contributed by atoms with van der Waals surface area (Å²) in [5.41, 5.74) is 0. The molecule has 0 atom stereocenters. The van der Waals surface area contributed by atoms with Crippen LogP contribution in [0.25, 0.3) is 0 Å². The summed E-state index contributed by atoms with van der Waals surface area (Å²) >= 11 is 0. The number of aromatic nitrogens is 3. The molecule has 0 aliphatic heterocycles. The van der Waals surface area contributed by atoms with E-state index < -0.39 is 10.2 Å². The molecule has 0 saturated carbocycles. The Hall–Kier alpha value is -1.03. The Morgan fingerprint density at radius 2 is 2.16 bits per heavy atom. The fourth-order valence-corrected chi connectivity index (χ4v) is 2.48. The average Bonchev–Trinajstić information content (AvgIpc) is 2.75. The Kier molecular flexibility index (Phi) is 6.35. The van der Waals surface area contributed by atoms with Crippen LogP contribution in [-0.4, -0.2) is 61.2 Å². The van der Waals surface area contributed by atoms with Gasteiger partial charge in [-0.05, 0) is 20.0 Å². The zero-order valence-electron chi connectivity index (χ0n) is 11.6. The molecule has 1 rings (SSSR count). The standard InChI is InChI=1S/C10H22N6O2S/c1-11-6-4-8-16(3)19(17,18)13-7-5-10-14-12-9-15(10)2/h9,11,13H,4-8H2,1-3H3. The first-order valence-electron chi connectivity index (χ1n) is 6.15. The van der Waals surface area contributed by atoms with Gasteiger partial charge in [0.15, 0.2) is 0 Å². The van der Waals surface area contributed by atoms with E-state index in [1.165, 1.54) is 4.31 Å². The molecule has 19 heavy (non-hydrogen) atoms. The van der Waals surface area contributed by atoms with E-state index in [0.29, 0.717) is 19.5 Å². The highest BCUT2D eigenvalue weighted by molar-refractivity contribution is 7.87. The highest BCUT2D eigenvalue weighted by atomic mass is 32.2. The lowest BCUT2D eigenvalue weighted by atomic mass is 10.4. The van der Waals surface area contributed by atoms with E-state index in [1.54, 1.807) is 17.9 Å². The Labute approximate surface area is 114 Å². The van der Waals surface area contributed by atoms with Crippen molar-refractivity contribution in [3.05, 3.63) is 12.2 Å². The fraction of sp³-hybridized carbons (Fsp3) is 0.800. The molecule has 0 saturated heterocycles. The van der Waals surface area contributed by atoms with Gasteiger partial charge in [0.2, 0.25) is 0 Å². The van der Waals surface area contributed by atoms with Crippen molar-refractivity contribution in [3.63, 3.8) is 0 Å². The summed E-state index contributed by atoms with van der Waals surface area (Å²) in [5.74, 6) is 0.750. The summed E-state index contributed by atoms with van der Waals surface area (Å²) in [5, 5.41) is 10.6. The molecule has 0 unspecified atom stereocenters. The van der Waals surface area contributed by atoms with Gasteiger partial charge in [-0.1, -0.05) is 0 Å². The topological polar surface area (TPSA) is 92.2 Å². The molecule has 1 aromatic rings. The summed E-state index contributed by atoms with van der Waals surface area (Å²) < 4.78 is 29.4. The molecule has 0 aliphatic rings.